The van der Waals surface area contributed by atoms with Crippen molar-refractivity contribution >= 4 is 50.7 Å². The molecule has 0 atom stereocenters. The van der Waals surface area contributed by atoms with Crippen LogP contribution in [-0.4, -0.2) is 44.3 Å². The number of benzene rings is 2. The van der Waals surface area contributed by atoms with Gasteiger partial charge < -0.3 is 10.1 Å². The minimum absolute atomic E-state index is 0.246. The zero-order valence-corrected chi connectivity index (χ0v) is 20.7. The first-order chi connectivity index (χ1) is 16.4. The van der Waals surface area contributed by atoms with E-state index in [-0.39, 0.29) is 13.1 Å². The molecule has 0 saturated carbocycles. The van der Waals surface area contributed by atoms with Gasteiger partial charge in [-0.2, -0.15) is 4.31 Å². The highest BCUT2D eigenvalue weighted by molar-refractivity contribution is 7.99. The van der Waals surface area contributed by atoms with E-state index in [1.165, 1.54) is 27.4 Å². The molecule has 2 heterocycles. The summed E-state index contributed by atoms with van der Waals surface area (Å²) < 4.78 is 32.2. The number of carbonyl (C=O) groups excluding carboxylic acids is 2. The topological polar surface area (TPSA) is 92.8 Å². The number of anilines is 1. The summed E-state index contributed by atoms with van der Waals surface area (Å²) in [5.41, 5.74) is 0.643. The van der Waals surface area contributed by atoms with Crippen LogP contribution >= 0.6 is 23.1 Å². The summed E-state index contributed by atoms with van der Waals surface area (Å²) in [6, 6.07) is 20.5. The number of rotatable bonds is 8. The number of nitrogens with zero attached hydrogens (tertiary/aromatic N) is 1. The fraction of sp³-hybridized carbons (Fsp3) is 0.250. The third-order valence-corrected chi connectivity index (χ3v) is 9.71. The molecule has 1 aliphatic heterocycles. The minimum atomic E-state index is -3.52. The number of para-hydroxylation sites is 1. The van der Waals surface area contributed by atoms with Crippen molar-refractivity contribution in [2.75, 3.05) is 25.0 Å². The first kappa shape index (κ1) is 24.5. The van der Waals surface area contributed by atoms with E-state index in [1.54, 1.807) is 23.6 Å². The molecule has 3 aromatic rings. The van der Waals surface area contributed by atoms with Gasteiger partial charge in [0.25, 0.3) is 15.9 Å². The van der Waals surface area contributed by atoms with Crippen molar-refractivity contribution in [3.8, 4) is 0 Å². The van der Waals surface area contributed by atoms with E-state index in [1.807, 2.05) is 48.5 Å². The normalized spacial score (nSPS) is 15.1. The molecule has 0 bridgehead atoms. The molecule has 0 aliphatic carbocycles. The lowest BCUT2D eigenvalue weighted by molar-refractivity contribution is -0.152. The molecule has 0 radical (unpaired) electrons. The molecule has 10 heteroatoms. The van der Waals surface area contributed by atoms with Gasteiger partial charge in [-0.05, 0) is 48.6 Å². The third-order valence-electron chi connectivity index (χ3n) is 5.35. The number of piperidine rings is 1. The minimum Gasteiger partial charge on any atom is -0.455 e. The Morgan fingerprint density at radius 1 is 1.00 bits per heavy atom. The number of carbonyl (C=O) groups is 2. The van der Waals surface area contributed by atoms with E-state index >= 15 is 0 Å². The molecule has 1 amide bonds. The van der Waals surface area contributed by atoms with Gasteiger partial charge in [0, 0.05) is 22.9 Å². The number of nitrogens with one attached hydrogen (secondary N) is 1. The Labute approximate surface area is 207 Å². The summed E-state index contributed by atoms with van der Waals surface area (Å²) in [5, 5.41) is 4.53. The summed E-state index contributed by atoms with van der Waals surface area (Å²) in [5.74, 6) is -1.33. The lowest BCUT2D eigenvalue weighted by Gasteiger charge is -2.29. The molecule has 4 rings (SSSR count). The molecule has 1 aliphatic rings. The Morgan fingerprint density at radius 3 is 2.41 bits per heavy atom. The maximum atomic E-state index is 12.6. The fourth-order valence-corrected chi connectivity index (χ4v) is 7.12. The van der Waals surface area contributed by atoms with Gasteiger partial charge in [-0.15, -0.1) is 11.3 Å². The smallest absolute Gasteiger partial charge is 0.309 e. The van der Waals surface area contributed by atoms with Crippen molar-refractivity contribution in [1.29, 1.82) is 0 Å². The number of hydrogen-bond acceptors (Lipinski definition) is 7. The van der Waals surface area contributed by atoms with Crippen molar-refractivity contribution in [1.82, 2.24) is 4.31 Å². The summed E-state index contributed by atoms with van der Waals surface area (Å²) in [6.07, 6.45) is 0.725. The number of hydrogen-bond donors (Lipinski definition) is 1. The van der Waals surface area contributed by atoms with E-state index in [4.69, 9.17) is 4.74 Å². The molecule has 178 valence electrons. The van der Waals surface area contributed by atoms with Crippen molar-refractivity contribution in [3.63, 3.8) is 0 Å². The predicted molar refractivity (Wildman–Crippen MR) is 132 cm³/mol. The number of sulfonamides is 1. The van der Waals surface area contributed by atoms with Gasteiger partial charge in [0.05, 0.1) is 11.6 Å². The van der Waals surface area contributed by atoms with E-state index in [0.717, 1.165) is 9.79 Å². The largest absolute Gasteiger partial charge is 0.455 e. The average molecular weight is 517 g/mol. The Bertz CT molecular complexity index is 1220. The molecule has 1 saturated heterocycles. The first-order valence-electron chi connectivity index (χ1n) is 10.8. The van der Waals surface area contributed by atoms with E-state index in [2.05, 4.69) is 5.32 Å². The lowest BCUT2D eigenvalue weighted by Crippen LogP contribution is -2.40. The van der Waals surface area contributed by atoms with Gasteiger partial charge in [0.2, 0.25) is 0 Å². The van der Waals surface area contributed by atoms with Crippen LogP contribution in [0.2, 0.25) is 0 Å². The van der Waals surface area contributed by atoms with Crippen LogP contribution in [0.1, 0.15) is 12.8 Å². The molecule has 1 fully saturated rings. The number of amides is 1. The van der Waals surface area contributed by atoms with Crippen LogP contribution in [0.4, 0.5) is 5.69 Å². The van der Waals surface area contributed by atoms with Crippen LogP contribution in [0, 0.1) is 5.92 Å². The highest BCUT2D eigenvalue weighted by Gasteiger charge is 2.33. The molecular formula is C24H24N2O5S3. The number of esters is 1. The van der Waals surface area contributed by atoms with Crippen molar-refractivity contribution < 1.29 is 22.7 Å². The molecule has 7 nitrogen and oxygen atoms in total. The quantitative estimate of drug-likeness (QED) is 0.444. The van der Waals surface area contributed by atoms with Crippen molar-refractivity contribution in [2.24, 2.45) is 5.92 Å². The van der Waals surface area contributed by atoms with Crippen LogP contribution in [0.15, 0.2) is 86.1 Å². The second-order valence-corrected chi connectivity index (χ2v) is 11.9. The average Bonchev–Trinajstić information content (AvgIpc) is 3.41. The number of ether oxygens (including phenoxy) is 1. The second-order valence-electron chi connectivity index (χ2n) is 7.68. The molecule has 34 heavy (non-hydrogen) atoms. The molecule has 0 spiro atoms. The van der Waals surface area contributed by atoms with Crippen molar-refractivity contribution in [3.05, 3.63) is 72.1 Å². The van der Waals surface area contributed by atoms with Crippen LogP contribution in [0.25, 0.3) is 0 Å². The van der Waals surface area contributed by atoms with E-state index in [0.29, 0.717) is 22.7 Å². The van der Waals surface area contributed by atoms with Gasteiger partial charge in [-0.1, -0.05) is 48.2 Å². The highest BCUT2D eigenvalue weighted by Crippen LogP contribution is 2.33. The van der Waals surface area contributed by atoms with Gasteiger partial charge in [0.1, 0.15) is 4.21 Å². The monoisotopic (exact) mass is 516 g/mol. The zero-order valence-electron chi connectivity index (χ0n) is 18.3. The van der Waals surface area contributed by atoms with Crippen molar-refractivity contribution in [2.45, 2.75) is 26.8 Å². The maximum Gasteiger partial charge on any atom is 0.309 e. The Kier molecular flexibility index (Phi) is 8.04. The molecule has 1 aromatic heterocycles. The summed E-state index contributed by atoms with van der Waals surface area (Å²) in [6.45, 7) is 0.101. The van der Waals surface area contributed by atoms with Gasteiger partial charge >= 0.3 is 5.97 Å². The summed E-state index contributed by atoms with van der Waals surface area (Å²) >= 11 is 2.71. The van der Waals surface area contributed by atoms with Gasteiger partial charge in [-0.25, -0.2) is 8.42 Å². The Morgan fingerprint density at radius 2 is 1.71 bits per heavy atom. The molecule has 2 aromatic carbocycles. The van der Waals surface area contributed by atoms with Crippen LogP contribution < -0.4 is 5.32 Å². The summed E-state index contributed by atoms with van der Waals surface area (Å²) in [7, 11) is -3.52. The molecular weight excluding hydrogens is 492 g/mol. The third kappa shape index (κ3) is 6.06. The fourth-order valence-electron chi connectivity index (χ4n) is 3.58. The maximum absolute atomic E-state index is 12.6. The van der Waals surface area contributed by atoms with Crippen LogP contribution in [0.5, 0.6) is 0 Å². The van der Waals surface area contributed by atoms with E-state index in [9.17, 15) is 18.0 Å². The Balaban J connectivity index is 1.26. The van der Waals surface area contributed by atoms with Crippen LogP contribution in [-0.2, 0) is 24.3 Å². The summed E-state index contributed by atoms with van der Waals surface area (Å²) in [4.78, 5) is 26.8. The van der Waals surface area contributed by atoms with Gasteiger partial charge in [0.15, 0.2) is 6.61 Å². The SMILES string of the molecule is O=C(COC(=O)C1CCN(S(=O)(=O)c2cccs2)CC1)Nc1ccccc1Sc1ccccc1. The standard InChI is InChI=1S/C24H24N2O5S3/c27-22(25-20-9-4-5-10-21(20)33-19-7-2-1-3-8-19)17-31-24(28)18-12-14-26(15-13-18)34(29,30)23-11-6-16-32-23/h1-11,16,18H,12-15,17H2,(H,25,27). The zero-order chi connectivity index (χ0) is 24.0. The lowest BCUT2D eigenvalue weighted by atomic mass is 9.98. The Hall–Kier alpha value is -2.66. The van der Waals surface area contributed by atoms with E-state index < -0.39 is 34.4 Å². The highest BCUT2D eigenvalue weighted by atomic mass is 32.2. The first-order valence-corrected chi connectivity index (χ1v) is 13.9. The predicted octanol–water partition coefficient (Wildman–Crippen LogP) is 4.48. The number of thiophene rings is 1. The second kappa shape index (κ2) is 11.2. The van der Waals surface area contributed by atoms with Gasteiger partial charge in [-0.3, -0.25) is 9.59 Å². The van der Waals surface area contributed by atoms with Crippen LogP contribution in [0.3, 0.4) is 0 Å². The molecule has 1 N–H and O–H groups in total. The molecule has 0 unspecified atom stereocenters.